The summed E-state index contributed by atoms with van der Waals surface area (Å²) in [6, 6.07) is 9.15. The van der Waals surface area contributed by atoms with Crippen molar-refractivity contribution in [3.63, 3.8) is 0 Å². The molecule has 7 nitrogen and oxygen atoms in total. The molecule has 4 rings (SSSR count). The molecule has 29 heavy (non-hydrogen) atoms. The van der Waals surface area contributed by atoms with E-state index in [1.807, 2.05) is 30.5 Å². The van der Waals surface area contributed by atoms with Crippen molar-refractivity contribution in [3.05, 3.63) is 61.2 Å². The van der Waals surface area contributed by atoms with E-state index in [-0.39, 0.29) is 11.9 Å². The highest BCUT2D eigenvalue weighted by Crippen LogP contribution is 2.26. The van der Waals surface area contributed by atoms with Crippen molar-refractivity contribution in [2.75, 3.05) is 10.6 Å². The van der Waals surface area contributed by atoms with E-state index < -0.39 is 12.1 Å². The van der Waals surface area contributed by atoms with Gasteiger partial charge in [0.05, 0.1) is 11.7 Å². The second-order valence-electron chi connectivity index (χ2n) is 6.08. The summed E-state index contributed by atoms with van der Waals surface area (Å²) < 4.78 is 36.6. The van der Waals surface area contributed by atoms with E-state index in [9.17, 15) is 18.0 Å². The fraction of sp³-hybridized carbons (Fsp3) is 0.0526. The first-order valence-electron chi connectivity index (χ1n) is 8.39. The number of aromatic amines is 1. The predicted molar refractivity (Wildman–Crippen MR) is 103 cm³/mol. The number of H-pyrrole nitrogens is 1. The Balaban J connectivity index is 1.62. The molecule has 0 saturated heterocycles. The molecule has 10 heteroatoms. The maximum Gasteiger partial charge on any atom is 0.409 e. The predicted octanol–water partition coefficient (Wildman–Crippen LogP) is 4.31. The summed E-state index contributed by atoms with van der Waals surface area (Å²) in [4.78, 5) is 27.1. The molecule has 1 aromatic carbocycles. The van der Waals surface area contributed by atoms with Gasteiger partial charge in [-0.15, -0.1) is 0 Å². The molecule has 3 heterocycles. The number of hydrogen-bond acceptors (Lipinski definition) is 5. The zero-order valence-corrected chi connectivity index (χ0v) is 14.7. The first kappa shape index (κ1) is 18.4. The number of carbonyl (C=O) groups excluding carboxylic acids is 1. The topological polar surface area (TPSA) is 95.6 Å². The van der Waals surface area contributed by atoms with Crippen LogP contribution in [0.25, 0.3) is 21.8 Å². The zero-order chi connectivity index (χ0) is 20.4. The number of benzene rings is 1. The van der Waals surface area contributed by atoms with Crippen molar-refractivity contribution in [2.45, 2.75) is 6.18 Å². The first-order chi connectivity index (χ1) is 13.9. The van der Waals surface area contributed by atoms with Gasteiger partial charge < -0.3 is 15.6 Å². The number of aromatic nitrogens is 4. The molecular formula is C19H13F3N6O. The number of allylic oxidation sites excluding steroid dienone is 1. The highest BCUT2D eigenvalue weighted by Gasteiger charge is 2.22. The number of pyridine rings is 1. The molecule has 0 saturated carbocycles. The third-order valence-electron chi connectivity index (χ3n) is 4.01. The maximum atomic E-state index is 12.2. The van der Waals surface area contributed by atoms with Crippen LogP contribution in [0, 0.1) is 0 Å². The molecule has 0 fully saturated rings. The van der Waals surface area contributed by atoms with Crippen molar-refractivity contribution < 1.29 is 18.0 Å². The number of amides is 1. The number of fused-ring (bicyclic) bond motifs is 2. The van der Waals surface area contributed by atoms with Gasteiger partial charge in [0.2, 0.25) is 5.91 Å². The van der Waals surface area contributed by atoms with E-state index in [0.717, 1.165) is 16.6 Å². The molecule has 0 aliphatic rings. The van der Waals surface area contributed by atoms with Crippen LogP contribution in [0.3, 0.4) is 0 Å². The zero-order valence-electron chi connectivity index (χ0n) is 14.7. The molecule has 3 aromatic heterocycles. The number of carbonyl (C=O) groups is 1. The highest BCUT2D eigenvalue weighted by molar-refractivity contribution is 6.01. The van der Waals surface area contributed by atoms with Gasteiger partial charge in [-0.25, -0.2) is 15.0 Å². The molecule has 0 aliphatic heterocycles. The van der Waals surface area contributed by atoms with Gasteiger partial charge >= 0.3 is 6.18 Å². The van der Waals surface area contributed by atoms with Crippen molar-refractivity contribution in [2.24, 2.45) is 0 Å². The molecule has 1 amide bonds. The van der Waals surface area contributed by atoms with Crippen LogP contribution < -0.4 is 10.6 Å². The van der Waals surface area contributed by atoms with Crippen LogP contribution >= 0.6 is 0 Å². The van der Waals surface area contributed by atoms with Crippen LogP contribution in [0.15, 0.2) is 61.2 Å². The minimum Gasteiger partial charge on any atom is -0.361 e. The van der Waals surface area contributed by atoms with Crippen molar-refractivity contribution in [3.8, 4) is 0 Å². The smallest absolute Gasteiger partial charge is 0.361 e. The molecule has 0 atom stereocenters. The van der Waals surface area contributed by atoms with Gasteiger partial charge in [-0.05, 0) is 30.3 Å². The molecule has 0 aliphatic carbocycles. The lowest BCUT2D eigenvalue weighted by Gasteiger charge is -2.10. The molecule has 0 bridgehead atoms. The minimum absolute atomic E-state index is 0.0771. The molecule has 0 radical (unpaired) electrons. The molecule has 4 aromatic rings. The quantitative estimate of drug-likeness (QED) is 0.446. The summed E-state index contributed by atoms with van der Waals surface area (Å²) in [6.45, 7) is 0. The van der Waals surface area contributed by atoms with E-state index in [1.54, 1.807) is 0 Å². The number of anilines is 3. The van der Waals surface area contributed by atoms with E-state index in [2.05, 4.69) is 30.6 Å². The van der Waals surface area contributed by atoms with Gasteiger partial charge in [0.1, 0.15) is 18.0 Å². The summed E-state index contributed by atoms with van der Waals surface area (Å²) in [5.74, 6) is -0.402. The summed E-state index contributed by atoms with van der Waals surface area (Å²) in [7, 11) is 0. The van der Waals surface area contributed by atoms with Crippen LogP contribution in [0.5, 0.6) is 0 Å². The Morgan fingerprint density at radius 1 is 1.10 bits per heavy atom. The van der Waals surface area contributed by atoms with E-state index in [4.69, 9.17) is 0 Å². The number of halogens is 3. The largest absolute Gasteiger partial charge is 0.409 e. The van der Waals surface area contributed by atoms with Crippen LogP contribution in [-0.2, 0) is 4.79 Å². The number of alkyl halides is 3. The van der Waals surface area contributed by atoms with Gasteiger partial charge in [0.25, 0.3) is 0 Å². The van der Waals surface area contributed by atoms with Crippen molar-refractivity contribution in [1.82, 2.24) is 19.9 Å². The molecule has 0 unspecified atom stereocenters. The van der Waals surface area contributed by atoms with Gasteiger partial charge in [0, 0.05) is 40.3 Å². The fourth-order valence-electron chi connectivity index (χ4n) is 2.73. The monoisotopic (exact) mass is 398 g/mol. The molecular weight excluding hydrogens is 385 g/mol. The maximum absolute atomic E-state index is 12.2. The second kappa shape index (κ2) is 7.23. The third kappa shape index (κ3) is 4.32. The lowest BCUT2D eigenvalue weighted by atomic mass is 10.2. The Kier molecular flexibility index (Phi) is 4.59. The average Bonchev–Trinajstić information content (AvgIpc) is 3.14. The van der Waals surface area contributed by atoms with Crippen molar-refractivity contribution in [1.29, 1.82) is 0 Å². The summed E-state index contributed by atoms with van der Waals surface area (Å²) in [5, 5.41) is 7.04. The lowest BCUT2D eigenvalue weighted by Crippen LogP contribution is -2.11. The Morgan fingerprint density at radius 3 is 2.79 bits per heavy atom. The van der Waals surface area contributed by atoms with E-state index in [1.165, 1.54) is 18.6 Å². The Morgan fingerprint density at radius 2 is 1.97 bits per heavy atom. The number of hydrogen-bond donors (Lipinski definition) is 3. The van der Waals surface area contributed by atoms with Gasteiger partial charge in [-0.3, -0.25) is 4.79 Å². The highest BCUT2D eigenvalue weighted by atomic mass is 19.4. The average molecular weight is 398 g/mol. The summed E-state index contributed by atoms with van der Waals surface area (Å²) in [6.07, 6.45) is 0.295. The van der Waals surface area contributed by atoms with Gasteiger partial charge in [0.15, 0.2) is 0 Å². The van der Waals surface area contributed by atoms with Crippen molar-refractivity contribution >= 4 is 45.0 Å². The Labute approximate surface area is 161 Å². The fourth-order valence-corrected chi connectivity index (χ4v) is 2.73. The van der Waals surface area contributed by atoms with Gasteiger partial charge in [-0.2, -0.15) is 13.2 Å². The normalized spacial score (nSPS) is 12.0. The lowest BCUT2D eigenvalue weighted by molar-refractivity contribution is -0.112. The Hall–Kier alpha value is -3.95. The number of rotatable bonds is 4. The first-order valence-corrected chi connectivity index (χ1v) is 8.39. The molecule has 3 N–H and O–H groups in total. The molecule has 146 valence electrons. The third-order valence-corrected chi connectivity index (χ3v) is 4.01. The Bertz CT molecular complexity index is 1230. The van der Waals surface area contributed by atoms with E-state index >= 15 is 0 Å². The van der Waals surface area contributed by atoms with E-state index in [0.29, 0.717) is 22.8 Å². The number of nitrogens with zero attached hydrogens (tertiary/aromatic N) is 3. The SMILES string of the molecule is O=C(C=CC(F)(F)F)Nc1cc2c(Nc3ccc4[nH]ccc4c3)ncnc2cn1. The summed E-state index contributed by atoms with van der Waals surface area (Å²) >= 11 is 0. The van der Waals surface area contributed by atoms with Gasteiger partial charge in [-0.1, -0.05) is 0 Å². The second-order valence-corrected chi connectivity index (χ2v) is 6.08. The van der Waals surface area contributed by atoms with Crippen LogP contribution in [-0.4, -0.2) is 32.0 Å². The number of nitrogens with one attached hydrogen (secondary N) is 3. The van der Waals surface area contributed by atoms with Crippen LogP contribution in [0.2, 0.25) is 0 Å². The minimum atomic E-state index is -4.57. The summed E-state index contributed by atoms with van der Waals surface area (Å²) in [5.41, 5.74) is 2.28. The van der Waals surface area contributed by atoms with Crippen LogP contribution in [0.4, 0.5) is 30.5 Å². The molecule has 0 spiro atoms. The van der Waals surface area contributed by atoms with Crippen LogP contribution in [0.1, 0.15) is 0 Å². The standard InChI is InChI=1S/C19H13F3N6O/c20-19(21,22)5-3-17(29)28-16-8-13-15(9-24-16)25-10-26-18(13)27-12-1-2-14-11(7-12)4-6-23-14/h1-10,23H,(H,24,28,29)(H,25,26,27).